The summed E-state index contributed by atoms with van der Waals surface area (Å²) in [7, 11) is 1.61. The van der Waals surface area contributed by atoms with Crippen LogP contribution in [-0.2, 0) is 14.4 Å². The molecule has 0 spiro atoms. The summed E-state index contributed by atoms with van der Waals surface area (Å²) in [6.07, 6.45) is 4.97. The van der Waals surface area contributed by atoms with Crippen molar-refractivity contribution in [2.24, 2.45) is 0 Å². The normalized spacial score (nSPS) is 15.0. The topological polar surface area (TPSA) is 95.9 Å². The molecular formula is C21H26N2O5S2. The molecule has 30 heavy (non-hydrogen) atoms. The molecule has 0 aromatic heterocycles. The van der Waals surface area contributed by atoms with Gasteiger partial charge in [-0.25, -0.2) is 0 Å². The second kappa shape index (κ2) is 12.3. The largest absolute Gasteiger partial charge is 0.497 e. The maximum absolute atomic E-state index is 12.6. The highest BCUT2D eigenvalue weighted by Gasteiger charge is 2.31. The summed E-state index contributed by atoms with van der Waals surface area (Å²) >= 11 is 6.65. The third-order valence-corrected chi connectivity index (χ3v) is 5.84. The van der Waals surface area contributed by atoms with Gasteiger partial charge in [0.15, 0.2) is 0 Å². The van der Waals surface area contributed by atoms with Crippen molar-refractivity contribution in [2.75, 3.05) is 20.2 Å². The van der Waals surface area contributed by atoms with Gasteiger partial charge < -0.3 is 15.2 Å². The Kier molecular flexibility index (Phi) is 9.82. The number of carbonyl (C=O) groups excluding carboxylic acids is 2. The number of rotatable bonds is 12. The number of carboxylic acid groups (broad SMARTS) is 1. The predicted molar refractivity (Wildman–Crippen MR) is 121 cm³/mol. The average molecular weight is 451 g/mol. The van der Waals surface area contributed by atoms with Crippen LogP contribution in [0.2, 0.25) is 0 Å². The maximum Gasteiger partial charge on any atom is 0.303 e. The van der Waals surface area contributed by atoms with Gasteiger partial charge in [-0.15, -0.1) is 0 Å². The average Bonchev–Trinajstić information content (AvgIpc) is 2.98. The van der Waals surface area contributed by atoms with Crippen molar-refractivity contribution in [3.05, 3.63) is 34.7 Å². The number of nitrogens with zero attached hydrogens (tertiary/aromatic N) is 1. The smallest absolute Gasteiger partial charge is 0.303 e. The van der Waals surface area contributed by atoms with E-state index in [0.29, 0.717) is 41.6 Å². The third-order valence-electron chi connectivity index (χ3n) is 4.46. The zero-order valence-electron chi connectivity index (χ0n) is 16.9. The van der Waals surface area contributed by atoms with Crippen molar-refractivity contribution in [1.29, 1.82) is 0 Å². The number of amides is 2. The molecule has 1 saturated heterocycles. The maximum atomic E-state index is 12.6. The molecule has 1 heterocycles. The second-order valence-electron chi connectivity index (χ2n) is 6.76. The number of benzene rings is 1. The number of methoxy groups -OCH3 is 1. The van der Waals surface area contributed by atoms with Crippen molar-refractivity contribution < 1.29 is 24.2 Å². The number of carbonyl (C=O) groups is 3. The first-order chi connectivity index (χ1) is 14.4. The van der Waals surface area contributed by atoms with E-state index >= 15 is 0 Å². The molecule has 1 aliphatic heterocycles. The standard InChI is InChI=1S/C21H26N2O5S2/c1-28-16-10-8-15(9-11-16)14-17-20(27)23(21(29)30-17)13-4-2-3-6-18(24)22-12-5-7-19(25)26/h8-11,14H,2-7,12-13H2,1H3,(H,22,24)(H,25,26)/b17-14-. The third kappa shape index (κ3) is 7.79. The molecule has 2 rings (SSSR count). The summed E-state index contributed by atoms with van der Waals surface area (Å²) < 4.78 is 5.69. The van der Waals surface area contributed by atoms with Crippen LogP contribution < -0.4 is 10.1 Å². The Labute approximate surface area is 185 Å². The van der Waals surface area contributed by atoms with Gasteiger partial charge in [-0.1, -0.05) is 42.5 Å². The number of unbranched alkanes of at least 4 members (excludes halogenated alkanes) is 2. The van der Waals surface area contributed by atoms with E-state index in [1.165, 1.54) is 11.8 Å². The highest BCUT2D eigenvalue weighted by atomic mass is 32.2. The van der Waals surface area contributed by atoms with Gasteiger partial charge in [-0.05, 0) is 43.0 Å². The lowest BCUT2D eigenvalue weighted by atomic mass is 10.1. The molecular weight excluding hydrogens is 424 g/mol. The molecule has 0 radical (unpaired) electrons. The summed E-state index contributed by atoms with van der Waals surface area (Å²) in [6.45, 7) is 0.910. The van der Waals surface area contributed by atoms with Crippen molar-refractivity contribution in [3.63, 3.8) is 0 Å². The van der Waals surface area contributed by atoms with Crippen LogP contribution in [0.1, 0.15) is 44.1 Å². The van der Waals surface area contributed by atoms with E-state index in [0.717, 1.165) is 24.2 Å². The Morgan fingerprint density at radius 3 is 2.57 bits per heavy atom. The SMILES string of the molecule is COc1ccc(/C=C2\SC(=S)N(CCCCCC(=O)NCCCC(=O)O)C2=O)cc1. The molecule has 0 saturated carbocycles. The van der Waals surface area contributed by atoms with E-state index in [1.54, 1.807) is 12.0 Å². The minimum absolute atomic E-state index is 0.0525. The lowest BCUT2D eigenvalue weighted by molar-refractivity contribution is -0.137. The number of ether oxygens (including phenoxy) is 1. The summed E-state index contributed by atoms with van der Waals surface area (Å²) in [5.41, 5.74) is 0.908. The van der Waals surface area contributed by atoms with Gasteiger partial charge in [0.2, 0.25) is 5.91 Å². The molecule has 0 atom stereocenters. The highest BCUT2D eigenvalue weighted by Crippen LogP contribution is 2.33. The van der Waals surface area contributed by atoms with Gasteiger partial charge in [-0.3, -0.25) is 19.3 Å². The first-order valence-corrected chi connectivity index (χ1v) is 11.0. The van der Waals surface area contributed by atoms with E-state index in [-0.39, 0.29) is 18.2 Å². The predicted octanol–water partition coefficient (Wildman–Crippen LogP) is 3.44. The number of hydrogen-bond donors (Lipinski definition) is 2. The molecule has 9 heteroatoms. The minimum Gasteiger partial charge on any atom is -0.497 e. The number of thioether (sulfide) groups is 1. The van der Waals surface area contributed by atoms with Gasteiger partial charge in [-0.2, -0.15) is 0 Å². The Morgan fingerprint density at radius 1 is 1.17 bits per heavy atom. The van der Waals surface area contributed by atoms with Gasteiger partial charge in [0, 0.05) is 25.9 Å². The van der Waals surface area contributed by atoms with E-state index in [2.05, 4.69) is 5.32 Å². The molecule has 1 aromatic rings. The fourth-order valence-corrected chi connectivity index (χ4v) is 4.14. The molecule has 2 amide bonds. The monoisotopic (exact) mass is 450 g/mol. The number of thiocarbonyl (C=S) groups is 1. The van der Waals surface area contributed by atoms with Gasteiger partial charge >= 0.3 is 5.97 Å². The summed E-state index contributed by atoms with van der Waals surface area (Å²) in [5, 5.41) is 11.3. The molecule has 7 nitrogen and oxygen atoms in total. The van der Waals surface area contributed by atoms with Gasteiger partial charge in [0.1, 0.15) is 10.1 Å². The van der Waals surface area contributed by atoms with Crippen molar-refractivity contribution in [3.8, 4) is 5.75 Å². The van der Waals surface area contributed by atoms with E-state index in [9.17, 15) is 14.4 Å². The molecule has 1 fully saturated rings. The fourth-order valence-electron chi connectivity index (χ4n) is 2.83. The zero-order chi connectivity index (χ0) is 21.9. The minimum atomic E-state index is -0.862. The Bertz CT molecular complexity index is 808. The van der Waals surface area contributed by atoms with Crippen LogP contribution >= 0.6 is 24.0 Å². The van der Waals surface area contributed by atoms with Crippen LogP contribution in [-0.4, -0.2) is 52.3 Å². The molecule has 0 unspecified atom stereocenters. The van der Waals surface area contributed by atoms with E-state index in [1.807, 2.05) is 30.3 Å². The van der Waals surface area contributed by atoms with E-state index < -0.39 is 5.97 Å². The van der Waals surface area contributed by atoms with Crippen LogP contribution in [0.5, 0.6) is 5.75 Å². The lowest BCUT2D eigenvalue weighted by Gasteiger charge is -2.14. The van der Waals surface area contributed by atoms with Crippen LogP contribution in [0.15, 0.2) is 29.2 Å². The Hall–Kier alpha value is -2.39. The van der Waals surface area contributed by atoms with Crippen molar-refractivity contribution >= 4 is 52.2 Å². The quantitative estimate of drug-likeness (QED) is 0.286. The first kappa shape index (κ1) is 23.9. The summed E-state index contributed by atoms with van der Waals surface area (Å²) in [6, 6.07) is 7.46. The molecule has 1 aromatic carbocycles. The molecule has 0 bridgehead atoms. The first-order valence-electron chi connectivity index (χ1n) is 9.78. The number of nitrogens with one attached hydrogen (secondary N) is 1. The van der Waals surface area contributed by atoms with Crippen molar-refractivity contribution in [2.45, 2.75) is 38.5 Å². The molecule has 162 valence electrons. The molecule has 1 aliphatic rings. The number of carboxylic acids is 1. The van der Waals surface area contributed by atoms with Crippen LogP contribution in [0, 0.1) is 0 Å². The summed E-state index contributed by atoms with van der Waals surface area (Å²) in [4.78, 5) is 37.0. The van der Waals surface area contributed by atoms with E-state index in [4.69, 9.17) is 22.1 Å². The molecule has 2 N–H and O–H groups in total. The highest BCUT2D eigenvalue weighted by molar-refractivity contribution is 8.26. The lowest BCUT2D eigenvalue weighted by Crippen LogP contribution is -2.29. The number of aliphatic carboxylic acids is 1. The van der Waals surface area contributed by atoms with Crippen LogP contribution in [0.4, 0.5) is 0 Å². The zero-order valence-corrected chi connectivity index (χ0v) is 18.5. The van der Waals surface area contributed by atoms with Crippen molar-refractivity contribution in [1.82, 2.24) is 10.2 Å². The van der Waals surface area contributed by atoms with Crippen LogP contribution in [0.3, 0.4) is 0 Å². The van der Waals surface area contributed by atoms with Gasteiger partial charge in [0.05, 0.1) is 12.0 Å². The Morgan fingerprint density at radius 2 is 1.90 bits per heavy atom. The fraction of sp³-hybridized carbons (Fsp3) is 0.429. The second-order valence-corrected chi connectivity index (χ2v) is 8.44. The summed E-state index contributed by atoms with van der Waals surface area (Å²) in [5.74, 6) is -0.266. The molecule has 0 aliphatic carbocycles. The Balaban J connectivity index is 1.70. The number of hydrogen-bond acceptors (Lipinski definition) is 6. The van der Waals surface area contributed by atoms with Gasteiger partial charge in [0.25, 0.3) is 5.91 Å². The van der Waals surface area contributed by atoms with Crippen LogP contribution in [0.25, 0.3) is 6.08 Å².